The van der Waals surface area contributed by atoms with Gasteiger partial charge in [-0.2, -0.15) is 0 Å². The second kappa shape index (κ2) is 10.0. The number of amides is 1. The summed E-state index contributed by atoms with van der Waals surface area (Å²) >= 11 is 9.60. The Morgan fingerprint density at radius 3 is 2.47 bits per heavy atom. The van der Waals surface area contributed by atoms with Crippen molar-refractivity contribution in [1.29, 1.82) is 0 Å². The number of benzene rings is 3. The molecule has 0 saturated carbocycles. The van der Waals surface area contributed by atoms with Crippen molar-refractivity contribution in [3.63, 3.8) is 0 Å². The minimum Gasteiger partial charge on any atom is -0.483 e. The van der Waals surface area contributed by atoms with Crippen molar-refractivity contribution in [2.45, 2.75) is 27.3 Å². The van der Waals surface area contributed by atoms with E-state index in [4.69, 9.17) is 16.3 Å². The van der Waals surface area contributed by atoms with Crippen molar-refractivity contribution in [3.8, 4) is 5.75 Å². The molecule has 2 N–H and O–H groups in total. The fraction of sp³-hybridized carbons (Fsp3) is 0.208. The molecule has 3 aromatic rings. The zero-order chi connectivity index (χ0) is 21.7. The molecule has 0 fully saturated rings. The van der Waals surface area contributed by atoms with Crippen LogP contribution in [0.3, 0.4) is 0 Å². The van der Waals surface area contributed by atoms with Crippen molar-refractivity contribution >= 4 is 44.8 Å². The van der Waals surface area contributed by atoms with Crippen LogP contribution >= 0.6 is 27.5 Å². The zero-order valence-electron chi connectivity index (χ0n) is 17.2. The molecule has 0 saturated heterocycles. The predicted octanol–water partition coefficient (Wildman–Crippen LogP) is 6.66. The molecule has 156 valence electrons. The van der Waals surface area contributed by atoms with Gasteiger partial charge in [0.25, 0.3) is 5.91 Å². The van der Waals surface area contributed by atoms with E-state index in [1.165, 1.54) is 5.56 Å². The summed E-state index contributed by atoms with van der Waals surface area (Å²) in [6.45, 7) is 6.67. The summed E-state index contributed by atoms with van der Waals surface area (Å²) in [6, 6.07) is 17.4. The van der Waals surface area contributed by atoms with Gasteiger partial charge in [0.05, 0.1) is 4.47 Å². The Morgan fingerprint density at radius 1 is 0.967 bits per heavy atom. The third kappa shape index (κ3) is 6.00. The summed E-state index contributed by atoms with van der Waals surface area (Å²) < 4.78 is 6.48. The average molecular weight is 488 g/mol. The van der Waals surface area contributed by atoms with Crippen molar-refractivity contribution in [3.05, 3.63) is 86.3 Å². The molecule has 1 amide bonds. The summed E-state index contributed by atoms with van der Waals surface area (Å²) in [5.41, 5.74) is 6.30. The second-order valence-corrected chi connectivity index (χ2v) is 8.50. The first-order valence-corrected chi connectivity index (χ1v) is 10.8. The third-order valence-corrected chi connectivity index (χ3v) is 5.68. The number of hydrogen-bond acceptors (Lipinski definition) is 3. The average Bonchev–Trinajstić information content (AvgIpc) is 2.70. The summed E-state index contributed by atoms with van der Waals surface area (Å²) in [5.74, 6) is 0.417. The van der Waals surface area contributed by atoms with Crippen LogP contribution in [0, 0.1) is 20.8 Å². The highest BCUT2D eigenvalue weighted by molar-refractivity contribution is 9.10. The molecule has 0 aliphatic carbocycles. The van der Waals surface area contributed by atoms with Crippen LogP contribution in [0.25, 0.3) is 0 Å². The molecule has 0 aliphatic rings. The number of aryl methyl sites for hydroxylation is 3. The molecule has 6 heteroatoms. The van der Waals surface area contributed by atoms with Gasteiger partial charge >= 0.3 is 0 Å². The topological polar surface area (TPSA) is 50.4 Å². The van der Waals surface area contributed by atoms with Crippen LogP contribution in [0.2, 0.25) is 5.02 Å². The molecule has 0 bridgehead atoms. The van der Waals surface area contributed by atoms with Crippen LogP contribution in [0.4, 0.5) is 11.4 Å². The van der Waals surface area contributed by atoms with Gasteiger partial charge in [0.1, 0.15) is 5.75 Å². The minimum absolute atomic E-state index is 0.0647. The quantitative estimate of drug-likeness (QED) is 0.392. The van der Waals surface area contributed by atoms with Crippen molar-refractivity contribution in [1.82, 2.24) is 0 Å². The minimum atomic E-state index is -0.202. The highest BCUT2D eigenvalue weighted by atomic mass is 79.9. The normalized spacial score (nSPS) is 10.6. The number of ether oxygens (including phenoxy) is 1. The molecule has 30 heavy (non-hydrogen) atoms. The van der Waals surface area contributed by atoms with E-state index in [-0.39, 0.29) is 12.5 Å². The lowest BCUT2D eigenvalue weighted by molar-refractivity contribution is -0.118. The predicted molar refractivity (Wildman–Crippen MR) is 128 cm³/mol. The number of hydrogen-bond donors (Lipinski definition) is 2. The number of rotatable bonds is 7. The number of carbonyl (C=O) groups is 1. The van der Waals surface area contributed by atoms with E-state index < -0.39 is 0 Å². The number of nitrogens with one attached hydrogen (secondary N) is 2. The molecule has 0 unspecified atom stereocenters. The Morgan fingerprint density at radius 2 is 1.73 bits per heavy atom. The fourth-order valence-electron chi connectivity index (χ4n) is 2.91. The van der Waals surface area contributed by atoms with Crippen LogP contribution in [-0.4, -0.2) is 12.5 Å². The molecule has 0 atom stereocenters. The molecule has 4 nitrogen and oxygen atoms in total. The van der Waals surface area contributed by atoms with Crippen LogP contribution in [0.1, 0.15) is 22.3 Å². The van der Waals surface area contributed by atoms with Crippen molar-refractivity contribution in [2.24, 2.45) is 0 Å². The third-order valence-electron chi connectivity index (χ3n) is 4.83. The molecule has 0 aliphatic heterocycles. The highest BCUT2D eigenvalue weighted by Crippen LogP contribution is 2.27. The standard InChI is InChI=1S/C24H24BrClN2O2/c1-15-5-8-20(10-17(15)3)28-24(29)14-30-23-9-6-18(11-21(23)25)13-27-22-12-19(26)7-4-16(22)2/h4-12,27H,13-14H2,1-3H3,(H,28,29). The van der Waals surface area contributed by atoms with E-state index in [1.54, 1.807) is 0 Å². The molecular formula is C24H24BrClN2O2. The maximum Gasteiger partial charge on any atom is 0.262 e. The zero-order valence-corrected chi connectivity index (χ0v) is 19.5. The van der Waals surface area contributed by atoms with E-state index in [0.29, 0.717) is 17.3 Å². The lowest BCUT2D eigenvalue weighted by Gasteiger charge is -2.13. The van der Waals surface area contributed by atoms with Gasteiger partial charge in [-0.3, -0.25) is 4.79 Å². The first-order valence-electron chi connectivity index (χ1n) is 9.60. The van der Waals surface area contributed by atoms with E-state index >= 15 is 0 Å². The lowest BCUT2D eigenvalue weighted by Crippen LogP contribution is -2.20. The van der Waals surface area contributed by atoms with Gasteiger partial charge in [0.15, 0.2) is 6.61 Å². The molecule has 3 aromatic carbocycles. The van der Waals surface area contributed by atoms with Crippen LogP contribution < -0.4 is 15.4 Å². The fourth-order valence-corrected chi connectivity index (χ4v) is 3.63. The summed E-state index contributed by atoms with van der Waals surface area (Å²) in [7, 11) is 0. The van der Waals surface area contributed by atoms with Gasteiger partial charge in [-0.1, -0.05) is 29.8 Å². The first-order chi connectivity index (χ1) is 14.3. The SMILES string of the molecule is Cc1ccc(NC(=O)COc2ccc(CNc3cc(Cl)ccc3C)cc2Br)cc1C. The Hall–Kier alpha value is -2.50. The largest absolute Gasteiger partial charge is 0.483 e. The highest BCUT2D eigenvalue weighted by Gasteiger charge is 2.08. The van der Waals surface area contributed by atoms with Crippen molar-refractivity contribution < 1.29 is 9.53 Å². The van der Waals surface area contributed by atoms with Crippen LogP contribution in [-0.2, 0) is 11.3 Å². The molecule has 0 spiro atoms. The number of halogens is 2. The maximum atomic E-state index is 12.2. The molecular weight excluding hydrogens is 464 g/mol. The smallest absolute Gasteiger partial charge is 0.262 e. The van der Waals surface area contributed by atoms with Gasteiger partial charge in [0, 0.05) is 22.9 Å². The number of carbonyl (C=O) groups excluding carboxylic acids is 1. The van der Waals surface area contributed by atoms with E-state index in [2.05, 4.69) is 26.6 Å². The second-order valence-electron chi connectivity index (χ2n) is 7.21. The van der Waals surface area contributed by atoms with Crippen LogP contribution in [0.15, 0.2) is 59.1 Å². The maximum absolute atomic E-state index is 12.2. The molecule has 0 aromatic heterocycles. The van der Waals surface area contributed by atoms with Crippen molar-refractivity contribution in [2.75, 3.05) is 17.2 Å². The van der Waals surface area contributed by atoms with Gasteiger partial charge < -0.3 is 15.4 Å². The van der Waals surface area contributed by atoms with Gasteiger partial charge in [-0.15, -0.1) is 0 Å². The van der Waals surface area contributed by atoms with E-state index in [1.807, 2.05) is 75.4 Å². The van der Waals surface area contributed by atoms with E-state index in [0.717, 1.165) is 32.5 Å². The Bertz CT molecular complexity index is 1070. The van der Waals surface area contributed by atoms with E-state index in [9.17, 15) is 4.79 Å². The van der Waals surface area contributed by atoms with Gasteiger partial charge in [-0.05, 0) is 95.4 Å². The first kappa shape index (κ1) is 22.2. The monoisotopic (exact) mass is 486 g/mol. The Kier molecular flexibility index (Phi) is 7.40. The summed E-state index contributed by atoms with van der Waals surface area (Å²) in [5, 5.41) is 6.95. The van der Waals surface area contributed by atoms with Crippen LogP contribution in [0.5, 0.6) is 5.75 Å². The Labute approximate surface area is 190 Å². The summed E-state index contributed by atoms with van der Waals surface area (Å²) in [6.07, 6.45) is 0. The number of anilines is 2. The lowest BCUT2D eigenvalue weighted by atomic mass is 10.1. The van der Waals surface area contributed by atoms with Gasteiger partial charge in [0.2, 0.25) is 0 Å². The Balaban J connectivity index is 1.55. The molecule has 3 rings (SSSR count). The van der Waals surface area contributed by atoms with Gasteiger partial charge in [-0.25, -0.2) is 0 Å². The summed E-state index contributed by atoms with van der Waals surface area (Å²) in [4.78, 5) is 12.2. The molecule has 0 heterocycles. The molecule has 0 radical (unpaired) electrons.